The summed E-state index contributed by atoms with van der Waals surface area (Å²) in [4.78, 5) is 18.7. The average molecular weight is 525 g/mol. The van der Waals surface area contributed by atoms with E-state index in [-0.39, 0.29) is 42.3 Å². The van der Waals surface area contributed by atoms with Crippen LogP contribution < -0.4 is 32.7 Å². The Balaban J connectivity index is 0.00000280. The van der Waals surface area contributed by atoms with Crippen LogP contribution in [0.5, 0.6) is 5.75 Å². The summed E-state index contributed by atoms with van der Waals surface area (Å²) in [5.41, 5.74) is 26.9. The van der Waals surface area contributed by atoms with Gasteiger partial charge >= 0.3 is 0 Å². The number of rotatable bonds is 3. The lowest BCUT2D eigenvalue weighted by Crippen LogP contribution is -2.54. The summed E-state index contributed by atoms with van der Waals surface area (Å²) in [5.74, 6) is 1.65. The predicted molar refractivity (Wildman–Crippen MR) is 149 cm³/mol. The number of nitrogens with two attached hydrogens (primary N) is 4. The number of phenols is 1. The zero-order valence-corrected chi connectivity index (χ0v) is 21.3. The molecule has 0 spiro atoms. The van der Waals surface area contributed by atoms with Gasteiger partial charge in [-0.1, -0.05) is 18.2 Å². The first-order valence-electron chi connectivity index (χ1n) is 12.4. The number of hydrogen-bond acceptors (Lipinski definition) is 10. The maximum atomic E-state index is 10.3. The van der Waals surface area contributed by atoms with Crippen molar-refractivity contribution in [2.75, 3.05) is 36.0 Å². The van der Waals surface area contributed by atoms with E-state index in [0.29, 0.717) is 44.0 Å². The smallest absolute Gasteiger partial charge is 0.241 e. The van der Waals surface area contributed by atoms with E-state index in [2.05, 4.69) is 6.07 Å². The van der Waals surface area contributed by atoms with Gasteiger partial charge in [0.1, 0.15) is 5.75 Å². The second-order valence-corrected chi connectivity index (χ2v) is 10.1. The summed E-state index contributed by atoms with van der Waals surface area (Å²) in [6, 6.07) is 13.1. The molecule has 0 radical (unpaired) electrons. The van der Waals surface area contributed by atoms with Crippen molar-refractivity contribution in [2.24, 2.45) is 22.9 Å². The number of hydrogen-bond donors (Lipinski definition) is 5. The SMILES string of the molecule is Cl.N[C@@H]1C[C@H](N)CN(c2nc(N3C[C@H](N)C[C@H](N)C3)nc(-n3c4ccccc4c4ccc(O)cc43)n2)C1. The van der Waals surface area contributed by atoms with E-state index in [1.165, 1.54) is 0 Å². The minimum absolute atomic E-state index is 0. The molecule has 0 unspecified atom stereocenters. The highest BCUT2D eigenvalue weighted by Gasteiger charge is 2.29. The Bertz CT molecular complexity index is 1360. The standard InChI is InChI=1S/C25H32N10O.ClH/c26-14-7-15(27)11-33(10-14)23-30-24(34-12-16(28)8-17(29)13-34)32-25(31-23)35-21-4-2-1-3-19(21)20-6-5-18(36)9-22(20)35;/h1-6,9,14-17,36H,7-8,10-13,26-29H2;1H/t14-,15+,16-,17+;. The van der Waals surface area contributed by atoms with Crippen LogP contribution in [0.15, 0.2) is 42.5 Å². The number of anilines is 2. The largest absolute Gasteiger partial charge is 0.508 e. The molecule has 2 saturated heterocycles. The third kappa shape index (κ3) is 4.76. The summed E-state index contributed by atoms with van der Waals surface area (Å²) < 4.78 is 1.96. The predicted octanol–water partition coefficient (Wildman–Crippen LogP) is 0.826. The fourth-order valence-electron chi connectivity index (χ4n) is 5.58. The van der Waals surface area contributed by atoms with Crippen molar-refractivity contribution in [2.45, 2.75) is 37.0 Å². The highest BCUT2D eigenvalue weighted by molar-refractivity contribution is 6.09. The van der Waals surface area contributed by atoms with Crippen LogP contribution in [0.4, 0.5) is 11.9 Å². The van der Waals surface area contributed by atoms with Crippen LogP contribution in [0.25, 0.3) is 27.8 Å². The molecule has 37 heavy (non-hydrogen) atoms. The zero-order chi connectivity index (χ0) is 25.0. The van der Waals surface area contributed by atoms with Crippen LogP contribution in [0, 0.1) is 0 Å². The molecule has 4 heterocycles. The molecule has 0 aliphatic carbocycles. The molecule has 2 aliphatic rings. The molecule has 0 bridgehead atoms. The molecule has 2 aromatic heterocycles. The van der Waals surface area contributed by atoms with E-state index in [1.54, 1.807) is 12.1 Å². The molecule has 4 aromatic rings. The number of para-hydroxylation sites is 1. The quantitative estimate of drug-likeness (QED) is 0.258. The maximum absolute atomic E-state index is 10.3. The van der Waals surface area contributed by atoms with Crippen molar-refractivity contribution in [3.63, 3.8) is 0 Å². The van der Waals surface area contributed by atoms with E-state index in [4.69, 9.17) is 37.9 Å². The van der Waals surface area contributed by atoms with E-state index in [0.717, 1.165) is 34.6 Å². The van der Waals surface area contributed by atoms with E-state index >= 15 is 0 Å². The number of phenolic OH excluding ortho intramolecular Hbond substituents is 1. The Morgan fingerprint density at radius 1 is 0.649 bits per heavy atom. The number of nitrogens with zero attached hydrogens (tertiary/aromatic N) is 6. The van der Waals surface area contributed by atoms with Crippen LogP contribution in [0.3, 0.4) is 0 Å². The third-order valence-corrected chi connectivity index (χ3v) is 7.05. The van der Waals surface area contributed by atoms with Crippen molar-refractivity contribution in [3.8, 4) is 11.7 Å². The summed E-state index contributed by atoms with van der Waals surface area (Å²) in [7, 11) is 0. The third-order valence-electron chi connectivity index (χ3n) is 7.05. The number of aromatic nitrogens is 4. The minimum Gasteiger partial charge on any atom is -0.508 e. The van der Waals surface area contributed by atoms with E-state index < -0.39 is 0 Å². The van der Waals surface area contributed by atoms with Gasteiger partial charge in [-0.2, -0.15) is 15.0 Å². The number of benzene rings is 2. The monoisotopic (exact) mass is 524 g/mol. The van der Waals surface area contributed by atoms with Crippen molar-refractivity contribution in [1.82, 2.24) is 19.5 Å². The summed E-state index contributed by atoms with van der Waals surface area (Å²) >= 11 is 0. The highest BCUT2D eigenvalue weighted by Crippen LogP contribution is 2.34. The number of piperidine rings is 2. The Hall–Kier alpha value is -3.22. The van der Waals surface area contributed by atoms with Gasteiger partial charge in [-0.15, -0.1) is 12.4 Å². The van der Waals surface area contributed by atoms with Crippen LogP contribution in [0.2, 0.25) is 0 Å². The van der Waals surface area contributed by atoms with Gasteiger partial charge in [0.2, 0.25) is 17.8 Å². The molecule has 12 heteroatoms. The van der Waals surface area contributed by atoms with Gasteiger partial charge in [0.15, 0.2) is 0 Å². The molecule has 4 atom stereocenters. The van der Waals surface area contributed by atoms with Crippen LogP contribution in [-0.2, 0) is 0 Å². The van der Waals surface area contributed by atoms with Gasteiger partial charge < -0.3 is 37.8 Å². The molecule has 6 rings (SSSR count). The Morgan fingerprint density at radius 3 is 1.70 bits per heavy atom. The van der Waals surface area contributed by atoms with Gasteiger partial charge in [-0.3, -0.25) is 4.57 Å². The second-order valence-electron chi connectivity index (χ2n) is 10.1. The van der Waals surface area contributed by atoms with Crippen molar-refractivity contribution >= 4 is 46.1 Å². The van der Waals surface area contributed by atoms with Gasteiger partial charge in [0, 0.05) is 67.2 Å². The van der Waals surface area contributed by atoms with Crippen molar-refractivity contribution < 1.29 is 5.11 Å². The van der Waals surface area contributed by atoms with Crippen molar-refractivity contribution in [1.29, 1.82) is 0 Å². The fraction of sp³-hybridized carbons (Fsp3) is 0.400. The number of aromatic hydroxyl groups is 1. The molecular formula is C25H33ClN10O. The first-order valence-corrected chi connectivity index (χ1v) is 12.4. The highest BCUT2D eigenvalue weighted by atomic mass is 35.5. The minimum atomic E-state index is -0.0700. The van der Waals surface area contributed by atoms with E-state index in [9.17, 15) is 5.11 Å². The molecule has 196 valence electrons. The maximum Gasteiger partial charge on any atom is 0.241 e. The Morgan fingerprint density at radius 2 is 1.14 bits per heavy atom. The molecule has 9 N–H and O–H groups in total. The Labute approximate surface area is 220 Å². The molecule has 2 aromatic carbocycles. The zero-order valence-electron chi connectivity index (χ0n) is 20.4. The summed E-state index contributed by atoms with van der Waals surface area (Å²) in [6.07, 6.45) is 1.51. The molecular weight excluding hydrogens is 492 g/mol. The lowest BCUT2D eigenvalue weighted by molar-refractivity contribution is 0.440. The van der Waals surface area contributed by atoms with Crippen LogP contribution in [0.1, 0.15) is 12.8 Å². The van der Waals surface area contributed by atoms with Gasteiger partial charge in [-0.25, -0.2) is 0 Å². The fourth-order valence-corrected chi connectivity index (χ4v) is 5.58. The second kappa shape index (κ2) is 9.92. The molecule has 0 saturated carbocycles. The molecule has 2 aliphatic heterocycles. The van der Waals surface area contributed by atoms with E-state index in [1.807, 2.05) is 38.6 Å². The normalized spacial score (nSPS) is 24.4. The van der Waals surface area contributed by atoms with Gasteiger partial charge in [0.25, 0.3) is 0 Å². The average Bonchev–Trinajstić information content (AvgIpc) is 3.16. The molecule has 2 fully saturated rings. The molecule has 11 nitrogen and oxygen atoms in total. The number of halogens is 1. The summed E-state index contributed by atoms with van der Waals surface area (Å²) in [6.45, 7) is 2.40. The van der Waals surface area contributed by atoms with Crippen molar-refractivity contribution in [3.05, 3.63) is 42.5 Å². The first kappa shape index (κ1) is 25.4. The van der Waals surface area contributed by atoms with Crippen LogP contribution >= 0.6 is 12.4 Å². The molecule has 0 amide bonds. The topological polar surface area (TPSA) is 174 Å². The summed E-state index contributed by atoms with van der Waals surface area (Å²) in [5, 5.41) is 12.4. The first-order chi connectivity index (χ1) is 17.4. The Kier molecular flexibility index (Phi) is 6.82. The van der Waals surface area contributed by atoms with Gasteiger partial charge in [-0.05, 0) is 31.0 Å². The van der Waals surface area contributed by atoms with Gasteiger partial charge in [0.05, 0.1) is 11.0 Å². The van der Waals surface area contributed by atoms with Crippen LogP contribution in [-0.4, -0.2) is 75.0 Å². The lowest BCUT2D eigenvalue weighted by Gasteiger charge is -2.37. The lowest BCUT2D eigenvalue weighted by atomic mass is 10.0. The number of fused-ring (bicyclic) bond motifs is 3.